The maximum atomic E-state index is 3.37. The van der Waals surface area contributed by atoms with Crippen LogP contribution in [0.5, 0.6) is 0 Å². The summed E-state index contributed by atoms with van der Waals surface area (Å²) in [5.74, 6) is 0.576. The molecule has 0 radical (unpaired) electrons. The number of nitrogens with one attached hydrogen (secondary N) is 1. The molecule has 20 heavy (non-hydrogen) atoms. The summed E-state index contributed by atoms with van der Waals surface area (Å²) < 4.78 is 0. The highest BCUT2D eigenvalue weighted by atomic mass is 14.7. The molecule has 100 valence electrons. The smallest absolute Gasteiger partial charge is 0.0460 e. The fourth-order valence-corrected chi connectivity index (χ4v) is 2.41. The number of H-pyrrole nitrogens is 1. The maximum absolute atomic E-state index is 3.37. The molecule has 0 bridgehead atoms. The van der Waals surface area contributed by atoms with Crippen molar-refractivity contribution in [1.82, 2.24) is 4.98 Å². The molecule has 1 heteroatoms. The standard InChI is InChI=1S/C19H19N/c1-14(2)15-8-10-17(11-9-15)19-12-18(13-20-19)16-6-4-3-5-7-16/h3-14,20H,1-2H3. The Bertz CT molecular complexity index is 675. The Hall–Kier alpha value is -2.28. The minimum Gasteiger partial charge on any atom is -0.361 e. The van der Waals surface area contributed by atoms with E-state index in [0.29, 0.717) is 5.92 Å². The van der Waals surface area contributed by atoms with Crippen molar-refractivity contribution in [2.45, 2.75) is 19.8 Å². The van der Waals surface area contributed by atoms with Crippen molar-refractivity contribution in [3.63, 3.8) is 0 Å². The molecule has 0 saturated heterocycles. The van der Waals surface area contributed by atoms with Crippen LogP contribution in [0.25, 0.3) is 22.4 Å². The van der Waals surface area contributed by atoms with E-state index in [1.54, 1.807) is 0 Å². The zero-order valence-corrected chi connectivity index (χ0v) is 11.9. The van der Waals surface area contributed by atoms with Crippen molar-refractivity contribution in [2.24, 2.45) is 0 Å². The first kappa shape index (κ1) is 12.7. The maximum Gasteiger partial charge on any atom is 0.0460 e. The van der Waals surface area contributed by atoms with Crippen LogP contribution in [0.2, 0.25) is 0 Å². The van der Waals surface area contributed by atoms with Crippen molar-refractivity contribution in [1.29, 1.82) is 0 Å². The molecule has 0 spiro atoms. The molecule has 1 nitrogen and oxygen atoms in total. The largest absolute Gasteiger partial charge is 0.361 e. The van der Waals surface area contributed by atoms with Gasteiger partial charge in [0.15, 0.2) is 0 Å². The van der Waals surface area contributed by atoms with E-state index in [1.807, 2.05) is 6.07 Å². The van der Waals surface area contributed by atoms with Gasteiger partial charge in [0.2, 0.25) is 0 Å². The number of hydrogen-bond acceptors (Lipinski definition) is 0. The SMILES string of the molecule is CC(C)c1ccc(-c2cc(-c3ccccc3)c[nH]2)cc1. The summed E-state index contributed by atoms with van der Waals surface area (Å²) in [6.45, 7) is 4.44. The van der Waals surface area contributed by atoms with Crippen LogP contribution in [-0.4, -0.2) is 4.98 Å². The first-order valence-corrected chi connectivity index (χ1v) is 7.08. The van der Waals surface area contributed by atoms with Crippen LogP contribution < -0.4 is 0 Å². The molecule has 0 aliphatic carbocycles. The van der Waals surface area contributed by atoms with Crippen molar-refractivity contribution < 1.29 is 0 Å². The van der Waals surface area contributed by atoms with E-state index >= 15 is 0 Å². The molecule has 0 aliphatic heterocycles. The minimum absolute atomic E-state index is 0.576. The fourth-order valence-electron chi connectivity index (χ4n) is 2.41. The van der Waals surface area contributed by atoms with Crippen molar-refractivity contribution in [3.8, 4) is 22.4 Å². The van der Waals surface area contributed by atoms with Gasteiger partial charge in [0.1, 0.15) is 0 Å². The highest BCUT2D eigenvalue weighted by Crippen LogP contribution is 2.26. The fraction of sp³-hybridized carbons (Fsp3) is 0.158. The molecule has 0 atom stereocenters. The van der Waals surface area contributed by atoms with Gasteiger partial charge < -0.3 is 4.98 Å². The van der Waals surface area contributed by atoms with E-state index < -0.39 is 0 Å². The molecule has 0 aliphatic rings. The first-order chi connectivity index (χ1) is 9.74. The van der Waals surface area contributed by atoms with Crippen LogP contribution >= 0.6 is 0 Å². The molecular weight excluding hydrogens is 242 g/mol. The van der Waals surface area contributed by atoms with Crippen LogP contribution in [0.4, 0.5) is 0 Å². The highest BCUT2D eigenvalue weighted by molar-refractivity contribution is 5.71. The second-order valence-corrected chi connectivity index (χ2v) is 5.44. The van der Waals surface area contributed by atoms with E-state index in [-0.39, 0.29) is 0 Å². The van der Waals surface area contributed by atoms with Crippen molar-refractivity contribution in [2.75, 3.05) is 0 Å². The third-order valence-electron chi connectivity index (χ3n) is 3.68. The summed E-state index contributed by atoms with van der Waals surface area (Å²) in [4.78, 5) is 3.37. The molecule has 1 N–H and O–H groups in total. The van der Waals surface area contributed by atoms with Gasteiger partial charge in [-0.05, 0) is 34.2 Å². The molecule has 0 saturated carbocycles. The summed E-state index contributed by atoms with van der Waals surface area (Å²) in [6.07, 6.45) is 2.07. The van der Waals surface area contributed by atoms with E-state index in [0.717, 1.165) is 0 Å². The van der Waals surface area contributed by atoms with Gasteiger partial charge in [-0.25, -0.2) is 0 Å². The quantitative estimate of drug-likeness (QED) is 0.643. The Labute approximate surface area is 120 Å². The Morgan fingerprint density at radius 2 is 1.45 bits per heavy atom. The number of aromatic amines is 1. The van der Waals surface area contributed by atoms with Gasteiger partial charge in [0.05, 0.1) is 0 Å². The predicted octanol–water partition coefficient (Wildman–Crippen LogP) is 5.47. The predicted molar refractivity (Wildman–Crippen MR) is 85.8 cm³/mol. The summed E-state index contributed by atoms with van der Waals surface area (Å²) in [5.41, 5.74) is 6.25. The first-order valence-electron chi connectivity index (χ1n) is 7.08. The molecule has 3 rings (SSSR count). The Kier molecular flexibility index (Phi) is 3.42. The lowest BCUT2D eigenvalue weighted by Crippen LogP contribution is -1.86. The van der Waals surface area contributed by atoms with Gasteiger partial charge in [0, 0.05) is 11.9 Å². The normalized spacial score (nSPS) is 10.9. The topological polar surface area (TPSA) is 15.8 Å². The van der Waals surface area contributed by atoms with Crippen molar-refractivity contribution >= 4 is 0 Å². The average Bonchev–Trinajstić information content (AvgIpc) is 2.98. The molecule has 0 fully saturated rings. The minimum atomic E-state index is 0.576. The summed E-state index contributed by atoms with van der Waals surface area (Å²) in [6, 6.07) is 21.5. The monoisotopic (exact) mass is 261 g/mol. The lowest BCUT2D eigenvalue weighted by molar-refractivity contribution is 0.867. The molecular formula is C19H19N. The number of aromatic nitrogens is 1. The van der Waals surface area contributed by atoms with Crippen molar-refractivity contribution in [3.05, 3.63) is 72.4 Å². The number of hydrogen-bond donors (Lipinski definition) is 1. The molecule has 1 aromatic heterocycles. The molecule has 2 aromatic carbocycles. The second-order valence-electron chi connectivity index (χ2n) is 5.44. The Morgan fingerprint density at radius 1 is 0.750 bits per heavy atom. The lowest BCUT2D eigenvalue weighted by atomic mass is 10.0. The van der Waals surface area contributed by atoms with Gasteiger partial charge >= 0.3 is 0 Å². The molecule has 0 amide bonds. The Balaban J connectivity index is 1.90. The molecule has 0 unspecified atom stereocenters. The van der Waals surface area contributed by atoms with Gasteiger partial charge in [-0.2, -0.15) is 0 Å². The van der Waals surface area contributed by atoms with Crippen LogP contribution in [0.15, 0.2) is 66.9 Å². The third kappa shape index (κ3) is 2.53. The van der Waals surface area contributed by atoms with E-state index in [4.69, 9.17) is 0 Å². The van der Waals surface area contributed by atoms with Gasteiger partial charge in [-0.3, -0.25) is 0 Å². The van der Waals surface area contributed by atoms with E-state index in [1.165, 1.54) is 27.9 Å². The molecule has 3 aromatic rings. The summed E-state index contributed by atoms with van der Waals surface area (Å²) in [7, 11) is 0. The van der Waals surface area contributed by atoms with Crippen LogP contribution in [0, 0.1) is 0 Å². The zero-order valence-electron chi connectivity index (χ0n) is 11.9. The average molecular weight is 261 g/mol. The van der Waals surface area contributed by atoms with Gasteiger partial charge in [-0.15, -0.1) is 0 Å². The van der Waals surface area contributed by atoms with Crippen LogP contribution in [0.1, 0.15) is 25.3 Å². The van der Waals surface area contributed by atoms with Crippen LogP contribution in [0.3, 0.4) is 0 Å². The van der Waals surface area contributed by atoms with E-state index in [9.17, 15) is 0 Å². The zero-order chi connectivity index (χ0) is 13.9. The van der Waals surface area contributed by atoms with Crippen LogP contribution in [-0.2, 0) is 0 Å². The van der Waals surface area contributed by atoms with Gasteiger partial charge in [-0.1, -0.05) is 68.4 Å². The number of rotatable bonds is 3. The highest BCUT2D eigenvalue weighted by Gasteiger charge is 2.05. The number of benzene rings is 2. The van der Waals surface area contributed by atoms with Gasteiger partial charge in [0.25, 0.3) is 0 Å². The Morgan fingerprint density at radius 3 is 2.10 bits per heavy atom. The molecule has 1 heterocycles. The van der Waals surface area contributed by atoms with E-state index in [2.05, 4.69) is 79.6 Å². The summed E-state index contributed by atoms with van der Waals surface area (Å²) in [5, 5.41) is 0. The second kappa shape index (κ2) is 5.38. The summed E-state index contributed by atoms with van der Waals surface area (Å²) >= 11 is 0. The third-order valence-corrected chi connectivity index (χ3v) is 3.68. The lowest BCUT2D eigenvalue weighted by Gasteiger charge is -2.05.